The Morgan fingerprint density at radius 3 is 2.11 bits per heavy atom. The van der Waals surface area contributed by atoms with Gasteiger partial charge in [0.05, 0.1) is 5.70 Å². The minimum Gasteiger partial charge on any atom is -0.214 e. The fourth-order valence-electron chi connectivity index (χ4n) is 1.49. The molecule has 1 aromatic rings. The van der Waals surface area contributed by atoms with E-state index in [1.165, 1.54) is 12.8 Å². The molecule has 96 valence electrons. The summed E-state index contributed by atoms with van der Waals surface area (Å²) in [4.78, 5) is 4.53. The molecule has 0 bridgehead atoms. The zero-order valence-corrected chi connectivity index (χ0v) is 11.4. The molecule has 1 aliphatic rings. The Hall–Kier alpha value is -1.90. The van der Waals surface area contributed by atoms with Crippen LogP contribution >= 0.6 is 0 Å². The Labute approximate surface area is 109 Å². The molecule has 1 aliphatic carbocycles. The normalized spacial score (nSPS) is 13.4. The molecule has 18 heavy (non-hydrogen) atoms. The molecule has 1 fully saturated rings. The third-order valence-electron chi connectivity index (χ3n) is 2.70. The number of hydrogen-bond acceptors (Lipinski definition) is 2. The van der Waals surface area contributed by atoms with E-state index in [1.54, 1.807) is 4.68 Å². The summed E-state index contributed by atoms with van der Waals surface area (Å²) in [6.07, 6.45) is 2.39. The number of allylic oxidation sites excluding steroid dienone is 3. The maximum absolute atomic E-state index is 4.53. The molecule has 1 heterocycles. The Balaban J connectivity index is 0.000000771. The summed E-state index contributed by atoms with van der Waals surface area (Å²) in [5.74, 6) is 2.26. The quantitative estimate of drug-likeness (QED) is 0.590. The van der Waals surface area contributed by atoms with Crippen LogP contribution in [-0.2, 0) is 0 Å². The first kappa shape index (κ1) is 14.2. The lowest BCUT2D eigenvalue weighted by Gasteiger charge is -2.07. The Morgan fingerprint density at radius 1 is 1.17 bits per heavy atom. The van der Waals surface area contributed by atoms with Crippen molar-refractivity contribution in [1.82, 2.24) is 14.8 Å². The van der Waals surface area contributed by atoms with Crippen LogP contribution in [0.1, 0.15) is 44.3 Å². The largest absolute Gasteiger partial charge is 0.214 e. The molecule has 1 saturated carbocycles. The second-order valence-corrected chi connectivity index (χ2v) is 4.49. The van der Waals surface area contributed by atoms with Crippen molar-refractivity contribution in [2.45, 2.75) is 32.6 Å². The maximum atomic E-state index is 4.53. The lowest BCUT2D eigenvalue weighted by atomic mass is 10.2. The highest BCUT2D eigenvalue weighted by Gasteiger charge is 2.29. The van der Waals surface area contributed by atoms with Gasteiger partial charge in [0.25, 0.3) is 0 Å². The smallest absolute Gasteiger partial charge is 0.158 e. The molecule has 3 heteroatoms. The molecule has 0 spiro atoms. The molecule has 0 aromatic carbocycles. The molecular weight excluding hydrogens is 222 g/mol. The van der Waals surface area contributed by atoms with E-state index in [2.05, 4.69) is 43.0 Å². The van der Waals surface area contributed by atoms with Gasteiger partial charge in [0.1, 0.15) is 0 Å². The number of rotatable bonds is 4. The third-order valence-corrected chi connectivity index (χ3v) is 2.70. The molecule has 1 aromatic heterocycles. The second-order valence-electron chi connectivity index (χ2n) is 4.49. The zero-order valence-electron chi connectivity index (χ0n) is 11.4. The van der Waals surface area contributed by atoms with E-state index in [9.17, 15) is 0 Å². The van der Waals surface area contributed by atoms with Crippen LogP contribution in [-0.4, -0.2) is 14.8 Å². The first-order valence-corrected chi connectivity index (χ1v) is 5.98. The SMILES string of the molecule is C=C.C=C(C)C(=C)n1nc(C2CC2)nc1C(=C)C. The summed E-state index contributed by atoms with van der Waals surface area (Å²) < 4.78 is 1.76. The van der Waals surface area contributed by atoms with Crippen LogP contribution in [0.2, 0.25) is 0 Å². The molecule has 0 atom stereocenters. The standard InChI is InChI=1S/C13H17N3.C2H4/c1-8(2)10(5)16-13(9(3)4)14-12(15-16)11-6-7-11;1-2/h11H,1,3,5-7H2,2,4H3;1-2H2. The van der Waals surface area contributed by atoms with Crippen molar-refractivity contribution < 1.29 is 0 Å². The second kappa shape index (κ2) is 5.63. The van der Waals surface area contributed by atoms with Gasteiger partial charge in [0.15, 0.2) is 11.6 Å². The lowest BCUT2D eigenvalue weighted by molar-refractivity contribution is 0.844. The van der Waals surface area contributed by atoms with Crippen molar-refractivity contribution in [3.63, 3.8) is 0 Å². The fraction of sp³-hybridized carbons (Fsp3) is 0.333. The minimum atomic E-state index is 0.539. The van der Waals surface area contributed by atoms with Gasteiger partial charge in [-0.3, -0.25) is 0 Å². The van der Waals surface area contributed by atoms with Crippen LogP contribution in [0.25, 0.3) is 11.3 Å². The molecule has 0 N–H and O–H groups in total. The maximum Gasteiger partial charge on any atom is 0.158 e. The first-order valence-electron chi connectivity index (χ1n) is 5.98. The van der Waals surface area contributed by atoms with E-state index in [0.29, 0.717) is 5.92 Å². The number of hydrogen-bond donors (Lipinski definition) is 0. The van der Waals surface area contributed by atoms with Crippen molar-refractivity contribution in [2.75, 3.05) is 0 Å². The number of aromatic nitrogens is 3. The molecule has 0 aliphatic heterocycles. The van der Waals surface area contributed by atoms with Gasteiger partial charge in [0.2, 0.25) is 0 Å². The van der Waals surface area contributed by atoms with E-state index in [0.717, 1.165) is 28.5 Å². The van der Waals surface area contributed by atoms with E-state index in [1.807, 2.05) is 13.8 Å². The summed E-state index contributed by atoms with van der Waals surface area (Å²) in [6, 6.07) is 0. The predicted molar refractivity (Wildman–Crippen MR) is 78.1 cm³/mol. The van der Waals surface area contributed by atoms with E-state index in [-0.39, 0.29) is 0 Å². The van der Waals surface area contributed by atoms with E-state index >= 15 is 0 Å². The minimum absolute atomic E-state index is 0.539. The lowest BCUT2D eigenvalue weighted by Crippen LogP contribution is -2.03. The van der Waals surface area contributed by atoms with Gasteiger partial charge in [-0.25, -0.2) is 9.67 Å². The summed E-state index contributed by atoms with van der Waals surface area (Å²) in [6.45, 7) is 21.6. The molecule has 0 saturated heterocycles. The van der Waals surface area contributed by atoms with Crippen LogP contribution in [0.5, 0.6) is 0 Å². The van der Waals surface area contributed by atoms with Crippen LogP contribution < -0.4 is 0 Å². The van der Waals surface area contributed by atoms with Gasteiger partial charge >= 0.3 is 0 Å². The van der Waals surface area contributed by atoms with Crippen LogP contribution in [0.15, 0.2) is 38.5 Å². The summed E-state index contributed by atoms with van der Waals surface area (Å²) in [5, 5.41) is 4.50. The van der Waals surface area contributed by atoms with E-state index in [4.69, 9.17) is 0 Å². The van der Waals surface area contributed by atoms with Crippen LogP contribution in [0.4, 0.5) is 0 Å². The molecule has 2 rings (SSSR count). The van der Waals surface area contributed by atoms with E-state index < -0.39 is 0 Å². The van der Waals surface area contributed by atoms with Gasteiger partial charge in [-0.05, 0) is 37.8 Å². The van der Waals surface area contributed by atoms with Crippen molar-refractivity contribution in [2.24, 2.45) is 0 Å². The van der Waals surface area contributed by atoms with Crippen molar-refractivity contribution in [1.29, 1.82) is 0 Å². The molecule has 0 radical (unpaired) electrons. The average molecular weight is 243 g/mol. The molecular formula is C15H21N3. The summed E-state index contributed by atoms with van der Waals surface area (Å²) in [7, 11) is 0. The highest BCUT2D eigenvalue weighted by Crippen LogP contribution is 2.38. The highest BCUT2D eigenvalue weighted by molar-refractivity contribution is 5.65. The zero-order chi connectivity index (χ0) is 13.9. The molecule has 0 unspecified atom stereocenters. The Bertz CT molecular complexity index is 490. The van der Waals surface area contributed by atoms with Gasteiger partial charge in [-0.15, -0.1) is 13.2 Å². The average Bonchev–Trinajstić information content (AvgIpc) is 3.09. The van der Waals surface area contributed by atoms with Gasteiger partial charge < -0.3 is 0 Å². The molecule has 0 amide bonds. The Morgan fingerprint density at radius 2 is 1.72 bits per heavy atom. The van der Waals surface area contributed by atoms with Crippen LogP contribution in [0, 0.1) is 0 Å². The third kappa shape index (κ3) is 2.86. The fourth-order valence-corrected chi connectivity index (χ4v) is 1.49. The van der Waals surface area contributed by atoms with Crippen molar-refractivity contribution >= 4 is 11.3 Å². The predicted octanol–water partition coefficient (Wildman–Crippen LogP) is 4.04. The van der Waals surface area contributed by atoms with Gasteiger partial charge in [-0.2, -0.15) is 5.10 Å². The molecule has 3 nitrogen and oxygen atoms in total. The first-order chi connectivity index (χ1) is 8.50. The topological polar surface area (TPSA) is 30.7 Å². The Kier molecular flexibility index (Phi) is 4.43. The highest BCUT2D eigenvalue weighted by atomic mass is 15.4. The van der Waals surface area contributed by atoms with Gasteiger partial charge in [-0.1, -0.05) is 19.7 Å². The van der Waals surface area contributed by atoms with Crippen LogP contribution in [0.3, 0.4) is 0 Å². The monoisotopic (exact) mass is 243 g/mol. The summed E-state index contributed by atoms with van der Waals surface area (Å²) in [5.41, 5.74) is 2.59. The summed E-state index contributed by atoms with van der Waals surface area (Å²) >= 11 is 0. The van der Waals surface area contributed by atoms with Gasteiger partial charge in [0, 0.05) is 5.92 Å². The van der Waals surface area contributed by atoms with Crippen molar-refractivity contribution in [3.8, 4) is 0 Å². The number of nitrogens with zero attached hydrogens (tertiary/aromatic N) is 3. The van der Waals surface area contributed by atoms with Crippen molar-refractivity contribution in [3.05, 3.63) is 50.1 Å².